The number of carbonyl (C=O) groups excluding carboxylic acids is 1. The molecule has 2 aromatic heterocycles. The van der Waals surface area contributed by atoms with Gasteiger partial charge in [0.25, 0.3) is 0 Å². The van der Waals surface area contributed by atoms with Crippen LogP contribution in [-0.4, -0.2) is 5.91 Å². The molecule has 0 unspecified atom stereocenters. The molecule has 0 N–H and O–H groups in total. The van der Waals surface area contributed by atoms with Crippen molar-refractivity contribution in [3.63, 3.8) is 0 Å². The van der Waals surface area contributed by atoms with Gasteiger partial charge in [0.15, 0.2) is 24.8 Å². The van der Waals surface area contributed by atoms with Gasteiger partial charge in [-0.05, 0) is 67.4 Å². The summed E-state index contributed by atoms with van der Waals surface area (Å²) >= 11 is 0. The van der Waals surface area contributed by atoms with Gasteiger partial charge in [-0.1, -0.05) is 0 Å². The van der Waals surface area contributed by atoms with E-state index in [9.17, 15) is 4.79 Å². The lowest BCUT2D eigenvalue weighted by atomic mass is 9.49. The molecule has 0 spiro atoms. The van der Waals surface area contributed by atoms with Crippen molar-refractivity contribution in [1.29, 1.82) is 0 Å². The molecule has 6 rings (SSSR count). The van der Waals surface area contributed by atoms with Gasteiger partial charge < -0.3 is 0 Å². The van der Waals surface area contributed by atoms with E-state index in [1.165, 1.54) is 24.8 Å². The summed E-state index contributed by atoms with van der Waals surface area (Å²) in [5.74, 6) is 2.76. The zero-order valence-corrected chi connectivity index (χ0v) is 14.9. The monoisotopic (exact) mass is 334 g/mol. The Morgan fingerprint density at radius 2 is 1.28 bits per heavy atom. The Bertz CT molecular complexity index is 772. The number of aryl methyl sites for hydroxylation is 1. The molecule has 0 saturated heterocycles. The van der Waals surface area contributed by atoms with Gasteiger partial charge in [0.2, 0.25) is 0 Å². The summed E-state index contributed by atoms with van der Waals surface area (Å²) in [7, 11) is 2.02. The quantitative estimate of drug-likeness (QED) is 0.773. The van der Waals surface area contributed by atoms with E-state index >= 15 is 0 Å². The molecule has 0 aliphatic heterocycles. The predicted octanol–water partition coefficient (Wildman–Crippen LogP) is 3.32. The van der Waals surface area contributed by atoms with Gasteiger partial charge in [-0.2, -0.15) is 0 Å². The maximum absolute atomic E-state index is 13.4. The average molecular weight is 334 g/mol. The molecule has 128 valence electrons. The van der Waals surface area contributed by atoms with Crippen molar-refractivity contribution in [3.05, 3.63) is 49.1 Å². The highest BCUT2D eigenvalue weighted by molar-refractivity contribution is 5.75. The summed E-state index contributed by atoms with van der Waals surface area (Å²) in [6.45, 7) is 0. The van der Waals surface area contributed by atoms with E-state index in [1.807, 2.05) is 28.6 Å². The maximum atomic E-state index is 13.4. The van der Waals surface area contributed by atoms with Crippen LogP contribution in [0.4, 0.5) is 0 Å². The molecule has 4 bridgehead atoms. The first-order chi connectivity index (χ1) is 12.1. The van der Waals surface area contributed by atoms with E-state index in [-0.39, 0.29) is 5.41 Å². The number of rotatable bonds is 2. The maximum Gasteiger partial charge on any atom is 0.398 e. The van der Waals surface area contributed by atoms with E-state index in [4.69, 9.17) is 0 Å². The molecule has 0 radical (unpaired) electrons. The zero-order valence-electron chi connectivity index (χ0n) is 14.9. The highest BCUT2D eigenvalue weighted by Gasteiger charge is 2.58. The normalized spacial score (nSPS) is 32.8. The Balaban J connectivity index is 1.42. The van der Waals surface area contributed by atoms with Crippen molar-refractivity contribution in [1.82, 2.24) is 0 Å². The molecule has 0 amide bonds. The minimum absolute atomic E-state index is 0.0680. The van der Waals surface area contributed by atoms with E-state index in [2.05, 4.69) is 36.7 Å². The fraction of sp³-hybridized carbons (Fsp3) is 0.500. The molecule has 2 heterocycles. The van der Waals surface area contributed by atoms with E-state index in [0.29, 0.717) is 5.91 Å². The van der Waals surface area contributed by atoms with Crippen molar-refractivity contribution >= 4 is 5.91 Å². The Labute approximate surface area is 149 Å². The summed E-state index contributed by atoms with van der Waals surface area (Å²) in [6.07, 6.45) is 15.6. The second-order valence-corrected chi connectivity index (χ2v) is 8.75. The first-order valence-corrected chi connectivity index (χ1v) is 9.63. The van der Waals surface area contributed by atoms with Crippen LogP contribution in [0.15, 0.2) is 49.1 Å². The molecule has 3 nitrogen and oxygen atoms in total. The Morgan fingerprint density at radius 3 is 1.76 bits per heavy atom. The highest BCUT2D eigenvalue weighted by Crippen LogP contribution is 2.60. The Hall–Kier alpha value is -2.03. The molecule has 4 fully saturated rings. The van der Waals surface area contributed by atoms with Gasteiger partial charge in [0.1, 0.15) is 7.05 Å². The Kier molecular flexibility index (Phi) is 3.34. The van der Waals surface area contributed by atoms with Crippen LogP contribution in [0, 0.1) is 23.2 Å². The summed E-state index contributed by atoms with van der Waals surface area (Å²) < 4.78 is 3.89. The van der Waals surface area contributed by atoms with Crippen LogP contribution < -0.4 is 9.13 Å². The molecule has 4 aliphatic rings. The van der Waals surface area contributed by atoms with Crippen molar-refractivity contribution in [2.45, 2.75) is 38.5 Å². The Morgan fingerprint density at radius 1 is 0.840 bits per heavy atom. The summed E-state index contributed by atoms with van der Waals surface area (Å²) in [4.78, 5) is 13.4. The van der Waals surface area contributed by atoms with Crippen LogP contribution >= 0.6 is 0 Å². The van der Waals surface area contributed by atoms with Crippen LogP contribution in [0.1, 0.15) is 43.3 Å². The molecule has 2 aromatic rings. The fourth-order valence-electron chi connectivity index (χ4n) is 6.09. The van der Waals surface area contributed by atoms with Crippen LogP contribution in [0.5, 0.6) is 0 Å². The number of hydrogen-bond donors (Lipinski definition) is 0. The minimum atomic E-state index is -0.0680. The van der Waals surface area contributed by atoms with Gasteiger partial charge >= 0.3 is 5.91 Å². The molecule has 25 heavy (non-hydrogen) atoms. The van der Waals surface area contributed by atoms with Crippen LogP contribution in [0.2, 0.25) is 0 Å². The van der Waals surface area contributed by atoms with Crippen LogP contribution in [-0.2, 0) is 7.05 Å². The largest absolute Gasteiger partial charge is 0.398 e. The lowest BCUT2D eigenvalue weighted by Crippen LogP contribution is -2.59. The van der Waals surface area contributed by atoms with E-state index in [1.54, 1.807) is 0 Å². The minimum Gasteiger partial charge on any atom is -0.219 e. The van der Waals surface area contributed by atoms with Crippen molar-refractivity contribution < 1.29 is 13.9 Å². The van der Waals surface area contributed by atoms with Gasteiger partial charge in [-0.15, -0.1) is 4.57 Å². The van der Waals surface area contributed by atoms with Gasteiger partial charge in [0, 0.05) is 24.3 Å². The number of pyridine rings is 2. The van der Waals surface area contributed by atoms with Gasteiger partial charge in [-0.25, -0.2) is 9.36 Å². The first kappa shape index (κ1) is 15.2. The number of carbonyl (C=O) groups is 1. The van der Waals surface area contributed by atoms with E-state index < -0.39 is 0 Å². The number of aromatic nitrogens is 2. The molecular formula is C22H26N2O+2. The highest BCUT2D eigenvalue weighted by atomic mass is 16.2. The second kappa shape index (κ2) is 5.48. The second-order valence-electron chi connectivity index (χ2n) is 8.75. The van der Waals surface area contributed by atoms with Crippen LogP contribution in [0.25, 0.3) is 11.1 Å². The predicted molar refractivity (Wildman–Crippen MR) is 94.5 cm³/mol. The average Bonchev–Trinajstić information content (AvgIpc) is 2.61. The summed E-state index contributed by atoms with van der Waals surface area (Å²) in [5.41, 5.74) is 2.28. The van der Waals surface area contributed by atoms with Crippen molar-refractivity contribution in [3.8, 4) is 11.1 Å². The standard InChI is InChI=1S/C22H26N2O/c1-23-6-2-19(3-7-23)20-4-8-24(9-5-20)21(25)22-13-16-10-17(14-22)12-18(11-16)15-22/h2-9,16-18H,10-15H2,1H3/q+2. The third-order valence-corrected chi connectivity index (χ3v) is 6.87. The van der Waals surface area contributed by atoms with Crippen molar-refractivity contribution in [2.75, 3.05) is 0 Å². The summed E-state index contributed by atoms with van der Waals surface area (Å²) in [5, 5.41) is 0. The fourth-order valence-corrected chi connectivity index (χ4v) is 6.09. The molecular weight excluding hydrogens is 308 g/mol. The SMILES string of the molecule is C[n+]1ccc(-c2cc[n+](C(=O)C34CC5CC(CC(C5)C3)C4)cc2)cc1. The molecule has 0 aromatic carbocycles. The van der Waals surface area contributed by atoms with Crippen LogP contribution in [0.3, 0.4) is 0 Å². The number of nitrogens with zero attached hydrogens (tertiary/aromatic N) is 2. The number of hydrogen-bond acceptors (Lipinski definition) is 1. The van der Waals surface area contributed by atoms with E-state index in [0.717, 1.165) is 42.6 Å². The lowest BCUT2D eigenvalue weighted by Gasteiger charge is -2.53. The van der Waals surface area contributed by atoms with Crippen molar-refractivity contribution in [2.24, 2.45) is 30.2 Å². The lowest BCUT2D eigenvalue weighted by molar-refractivity contribution is -0.671. The molecule has 0 atom stereocenters. The van der Waals surface area contributed by atoms with Gasteiger partial charge in [-0.3, -0.25) is 0 Å². The molecule has 4 aliphatic carbocycles. The zero-order chi connectivity index (χ0) is 17.0. The first-order valence-electron chi connectivity index (χ1n) is 9.63. The smallest absolute Gasteiger partial charge is 0.219 e. The topological polar surface area (TPSA) is 24.8 Å². The summed E-state index contributed by atoms with van der Waals surface area (Å²) in [6, 6.07) is 8.38. The molecule has 3 heteroatoms. The van der Waals surface area contributed by atoms with Gasteiger partial charge in [0.05, 0.1) is 5.41 Å². The third kappa shape index (κ3) is 2.52. The molecule has 4 saturated carbocycles. The third-order valence-electron chi connectivity index (χ3n) is 6.87.